The normalized spacial score (nSPS) is 24.0. The molecule has 278 valence electrons. The molecular formula is C28H25F17N2O2. The molecule has 0 spiro atoms. The molecule has 1 N–H and O–H groups in total. The van der Waals surface area contributed by atoms with Crippen molar-refractivity contribution >= 4 is 10.9 Å². The molecule has 1 unspecified atom stereocenters. The van der Waals surface area contributed by atoms with Crippen LogP contribution in [0.2, 0.25) is 0 Å². The van der Waals surface area contributed by atoms with Crippen LogP contribution in [0.5, 0.6) is 5.75 Å². The van der Waals surface area contributed by atoms with Gasteiger partial charge < -0.3 is 9.84 Å². The van der Waals surface area contributed by atoms with Crippen molar-refractivity contribution in [2.45, 2.75) is 85.5 Å². The van der Waals surface area contributed by atoms with Crippen LogP contribution in [0, 0.1) is 11.8 Å². The molecule has 3 aliphatic rings. The minimum absolute atomic E-state index is 0.0184. The van der Waals surface area contributed by atoms with Crippen LogP contribution in [-0.2, 0) is 0 Å². The summed E-state index contributed by atoms with van der Waals surface area (Å²) in [5.74, 6) is -57.6. The second-order valence-electron chi connectivity index (χ2n) is 12.0. The van der Waals surface area contributed by atoms with E-state index in [0.717, 1.165) is 0 Å². The molecule has 49 heavy (non-hydrogen) atoms. The van der Waals surface area contributed by atoms with Crippen LogP contribution in [-0.4, -0.2) is 88.9 Å². The first kappa shape index (κ1) is 39.0. The predicted molar refractivity (Wildman–Crippen MR) is 135 cm³/mol. The fourth-order valence-electron chi connectivity index (χ4n) is 6.29. The van der Waals surface area contributed by atoms with Crippen molar-refractivity contribution in [2.75, 3.05) is 20.2 Å². The molecule has 0 amide bonds. The molecule has 5 atom stereocenters. The third-order valence-electron chi connectivity index (χ3n) is 9.22. The minimum atomic E-state index is -8.64. The number of halogens is 17. The lowest BCUT2D eigenvalue weighted by molar-refractivity contribution is -0.461. The summed E-state index contributed by atoms with van der Waals surface area (Å²) in [5, 5.41) is 11.7. The molecule has 3 fully saturated rings. The Morgan fingerprint density at radius 2 is 1.35 bits per heavy atom. The number of methoxy groups -OCH3 is 1. The molecule has 4 nitrogen and oxygen atoms in total. The van der Waals surface area contributed by atoms with Crippen molar-refractivity contribution in [1.29, 1.82) is 0 Å². The van der Waals surface area contributed by atoms with Gasteiger partial charge in [-0.1, -0.05) is 0 Å². The van der Waals surface area contributed by atoms with Crippen molar-refractivity contribution in [3.05, 3.63) is 36.0 Å². The van der Waals surface area contributed by atoms with Crippen LogP contribution >= 0.6 is 0 Å². The monoisotopic (exact) mass is 744 g/mol. The number of aliphatic hydroxyl groups is 1. The van der Waals surface area contributed by atoms with E-state index in [1.807, 2.05) is 0 Å². The van der Waals surface area contributed by atoms with Gasteiger partial charge >= 0.3 is 47.6 Å². The number of piperidine rings is 3. The lowest BCUT2D eigenvalue weighted by Gasteiger charge is -2.51. The van der Waals surface area contributed by atoms with E-state index in [-0.39, 0.29) is 25.9 Å². The summed E-state index contributed by atoms with van der Waals surface area (Å²) in [5.41, 5.74) is 0.843. The lowest BCUT2D eigenvalue weighted by atomic mass is 9.71. The summed E-state index contributed by atoms with van der Waals surface area (Å²) < 4.78 is 237. The lowest BCUT2D eigenvalue weighted by Crippen LogP contribution is -2.74. The first-order chi connectivity index (χ1) is 22.1. The summed E-state index contributed by atoms with van der Waals surface area (Å²) in [6, 6.07) is 5.59. The molecule has 1 aromatic carbocycles. The van der Waals surface area contributed by atoms with E-state index in [0.29, 0.717) is 22.2 Å². The summed E-state index contributed by atoms with van der Waals surface area (Å²) >= 11 is 0. The highest BCUT2D eigenvalue weighted by atomic mass is 19.4. The van der Waals surface area contributed by atoms with Gasteiger partial charge in [0.15, 0.2) is 0 Å². The third kappa shape index (κ3) is 5.83. The Bertz CT molecular complexity index is 1510. The smallest absolute Gasteiger partial charge is 0.460 e. The highest BCUT2D eigenvalue weighted by molar-refractivity contribution is 5.84. The highest BCUT2D eigenvalue weighted by Crippen LogP contribution is 2.64. The number of alkyl halides is 17. The van der Waals surface area contributed by atoms with Gasteiger partial charge in [-0.2, -0.15) is 74.6 Å². The maximum absolute atomic E-state index is 14.6. The SMILES string of the molecule is COc1ccc2nccc([C@@H](O)[C@@H]3C[C@@H]4CCN3C[C@@H]4CCC(F)(F)C(F)(F)C(F)(F)C(F)(F)C(F)(F)C(F)(F)C(F)(F)C(F)(F)F)c2c1. The van der Waals surface area contributed by atoms with Gasteiger partial charge in [-0.25, -0.2) is 0 Å². The average Bonchev–Trinajstić information content (AvgIpc) is 3.02. The first-order valence-electron chi connectivity index (χ1n) is 14.2. The van der Waals surface area contributed by atoms with Gasteiger partial charge in [-0.3, -0.25) is 9.88 Å². The maximum Gasteiger partial charge on any atom is 0.460 e. The molecule has 2 aromatic rings. The van der Waals surface area contributed by atoms with Gasteiger partial charge in [0, 0.05) is 30.6 Å². The van der Waals surface area contributed by atoms with Gasteiger partial charge in [0.05, 0.1) is 18.7 Å². The predicted octanol–water partition coefficient (Wildman–Crippen LogP) is 8.78. The van der Waals surface area contributed by atoms with Crippen LogP contribution < -0.4 is 4.74 Å². The average molecular weight is 744 g/mol. The minimum Gasteiger partial charge on any atom is -0.497 e. The highest BCUT2D eigenvalue weighted by Gasteiger charge is 2.95. The number of aliphatic hydroxyl groups excluding tert-OH is 1. The number of fused-ring (bicyclic) bond motifs is 4. The van der Waals surface area contributed by atoms with Crippen LogP contribution in [0.15, 0.2) is 30.5 Å². The second kappa shape index (κ2) is 12.1. The molecule has 1 aromatic heterocycles. The van der Waals surface area contributed by atoms with Crippen molar-refractivity contribution in [3.63, 3.8) is 0 Å². The molecule has 0 radical (unpaired) electrons. The van der Waals surface area contributed by atoms with E-state index in [1.54, 1.807) is 23.1 Å². The molecule has 2 bridgehead atoms. The van der Waals surface area contributed by atoms with E-state index in [4.69, 9.17) is 4.74 Å². The topological polar surface area (TPSA) is 45.6 Å². The Balaban J connectivity index is 1.52. The molecule has 0 aliphatic carbocycles. The zero-order valence-electron chi connectivity index (χ0n) is 24.6. The maximum atomic E-state index is 14.6. The Morgan fingerprint density at radius 3 is 1.86 bits per heavy atom. The zero-order valence-corrected chi connectivity index (χ0v) is 24.6. The Morgan fingerprint density at radius 1 is 0.796 bits per heavy atom. The van der Waals surface area contributed by atoms with Crippen molar-refractivity contribution in [1.82, 2.24) is 9.88 Å². The van der Waals surface area contributed by atoms with Gasteiger partial charge in [-0.05, 0) is 67.5 Å². The number of nitrogens with zero attached hydrogens (tertiary/aromatic N) is 2. The van der Waals surface area contributed by atoms with Crippen LogP contribution in [0.25, 0.3) is 10.9 Å². The van der Waals surface area contributed by atoms with E-state index in [9.17, 15) is 79.7 Å². The van der Waals surface area contributed by atoms with Crippen molar-refractivity contribution in [2.24, 2.45) is 11.8 Å². The number of rotatable bonds is 12. The van der Waals surface area contributed by atoms with Crippen LogP contribution in [0.4, 0.5) is 74.6 Å². The fourth-order valence-corrected chi connectivity index (χ4v) is 6.29. The second-order valence-corrected chi connectivity index (χ2v) is 12.0. The number of hydrogen-bond acceptors (Lipinski definition) is 4. The molecule has 21 heteroatoms. The molecule has 5 rings (SSSR count). The number of aromatic nitrogens is 1. The Kier molecular flexibility index (Phi) is 9.65. The largest absolute Gasteiger partial charge is 0.497 e. The number of pyridine rings is 1. The molecule has 3 aliphatic heterocycles. The van der Waals surface area contributed by atoms with Crippen LogP contribution in [0.1, 0.15) is 37.4 Å². The van der Waals surface area contributed by atoms with Crippen LogP contribution in [0.3, 0.4) is 0 Å². The summed E-state index contributed by atoms with van der Waals surface area (Å²) in [7, 11) is 1.39. The Labute approximate surface area is 265 Å². The molecule has 3 saturated heterocycles. The van der Waals surface area contributed by atoms with Gasteiger partial charge in [0.25, 0.3) is 0 Å². The van der Waals surface area contributed by atoms with Crippen molar-refractivity contribution < 1.29 is 84.5 Å². The molecule has 0 saturated carbocycles. The summed E-state index contributed by atoms with van der Waals surface area (Å²) in [4.78, 5) is 5.74. The molecular weight excluding hydrogens is 719 g/mol. The fraction of sp³-hybridized carbons (Fsp3) is 0.679. The van der Waals surface area contributed by atoms with E-state index >= 15 is 0 Å². The number of ether oxygens (including phenoxy) is 1. The quantitative estimate of drug-likeness (QED) is 0.221. The van der Waals surface area contributed by atoms with Crippen molar-refractivity contribution in [3.8, 4) is 5.75 Å². The Hall–Kier alpha value is -2.84. The van der Waals surface area contributed by atoms with E-state index < -0.39 is 84.5 Å². The first-order valence-corrected chi connectivity index (χ1v) is 14.2. The zero-order chi connectivity index (χ0) is 37.4. The van der Waals surface area contributed by atoms with Gasteiger partial charge in [-0.15, -0.1) is 0 Å². The van der Waals surface area contributed by atoms with Gasteiger partial charge in [0.2, 0.25) is 0 Å². The number of benzene rings is 1. The summed E-state index contributed by atoms with van der Waals surface area (Å²) in [6.45, 7) is 0.00167. The van der Waals surface area contributed by atoms with E-state index in [2.05, 4.69) is 4.98 Å². The standard InChI is InChI=1S/C28H25F17N2O2/c1-49-15-2-3-18-17(11-15)16(5-8-46-18)20(48)19-10-13-6-9-47(19)12-14(13)4-7-21(29,30)22(31,32)23(33,34)24(35,36)25(37,38)26(39,40)27(41,42)28(43,44)45/h2-3,5,8,11,13-14,19-20,48H,4,6-7,9-10,12H2,1H3/t13-,14-,19-,20+/m0/s1. The molecule has 4 heterocycles. The van der Waals surface area contributed by atoms with E-state index in [1.165, 1.54) is 19.4 Å². The summed E-state index contributed by atoms with van der Waals surface area (Å²) in [6.07, 6.45) is -11.0. The third-order valence-corrected chi connectivity index (χ3v) is 9.22. The number of hydrogen-bond donors (Lipinski definition) is 1. The van der Waals surface area contributed by atoms with Gasteiger partial charge in [0.1, 0.15) is 5.75 Å².